The maximum atomic E-state index is 13.2. The smallest absolute Gasteiger partial charge is 0.264 e. The molecule has 0 saturated heterocycles. The van der Waals surface area contributed by atoms with Gasteiger partial charge in [0.15, 0.2) is 0 Å². The molecule has 0 aliphatic carbocycles. The van der Waals surface area contributed by atoms with Gasteiger partial charge in [-0.05, 0) is 61.5 Å². The van der Waals surface area contributed by atoms with Crippen LogP contribution in [0.4, 0.5) is 10.1 Å². The Bertz CT molecular complexity index is 1180. The van der Waals surface area contributed by atoms with Crippen molar-refractivity contribution in [1.29, 1.82) is 0 Å². The minimum Gasteiger partial charge on any atom is -0.464 e. The Morgan fingerprint density at radius 3 is 2.33 bits per heavy atom. The van der Waals surface area contributed by atoms with E-state index < -0.39 is 21.7 Å². The lowest BCUT2D eigenvalue weighted by Crippen LogP contribution is -2.28. The van der Waals surface area contributed by atoms with Gasteiger partial charge < -0.3 is 9.32 Å². The molecule has 0 N–H and O–H groups in total. The van der Waals surface area contributed by atoms with Crippen molar-refractivity contribution in [3.63, 3.8) is 0 Å². The number of amides is 1. The van der Waals surface area contributed by atoms with Crippen LogP contribution in [0.1, 0.15) is 21.9 Å². The minimum atomic E-state index is -4.00. The van der Waals surface area contributed by atoms with Gasteiger partial charge in [-0.3, -0.25) is 9.10 Å². The molecule has 0 atom stereocenters. The summed E-state index contributed by atoms with van der Waals surface area (Å²) in [6, 6.07) is 12.5. The van der Waals surface area contributed by atoms with Gasteiger partial charge in [0.05, 0.1) is 27.7 Å². The molecule has 3 aromatic rings. The third-order valence-corrected chi connectivity index (χ3v) is 6.66. The maximum Gasteiger partial charge on any atom is 0.264 e. The highest BCUT2D eigenvalue weighted by Crippen LogP contribution is 2.27. The number of carbonyl (C=O) groups is 1. The van der Waals surface area contributed by atoms with E-state index in [1.807, 2.05) is 0 Å². The number of benzene rings is 2. The van der Waals surface area contributed by atoms with E-state index in [1.54, 1.807) is 26.1 Å². The maximum absolute atomic E-state index is 13.2. The molecule has 0 bridgehead atoms. The Labute approximate surface area is 179 Å². The van der Waals surface area contributed by atoms with Gasteiger partial charge in [-0.25, -0.2) is 12.8 Å². The number of halogens is 2. The number of nitrogens with zero attached hydrogens (tertiary/aromatic N) is 2. The Hall–Kier alpha value is -2.84. The van der Waals surface area contributed by atoms with E-state index in [0.29, 0.717) is 5.76 Å². The Morgan fingerprint density at radius 2 is 1.73 bits per heavy atom. The Morgan fingerprint density at radius 1 is 1.07 bits per heavy atom. The van der Waals surface area contributed by atoms with Crippen molar-refractivity contribution in [2.24, 2.45) is 0 Å². The highest BCUT2D eigenvalue weighted by Gasteiger charge is 2.25. The first-order valence-corrected chi connectivity index (χ1v) is 10.8. The molecular formula is C21H20ClFN2O4S. The van der Waals surface area contributed by atoms with E-state index in [-0.39, 0.29) is 27.7 Å². The van der Waals surface area contributed by atoms with E-state index in [9.17, 15) is 17.6 Å². The Balaban J connectivity index is 1.89. The number of rotatable bonds is 6. The van der Waals surface area contributed by atoms with Gasteiger partial charge in [0, 0.05) is 14.1 Å². The van der Waals surface area contributed by atoms with Crippen LogP contribution in [0.25, 0.3) is 0 Å². The molecule has 0 fully saturated rings. The first-order chi connectivity index (χ1) is 14.1. The summed E-state index contributed by atoms with van der Waals surface area (Å²) in [5.41, 5.74) is 0.334. The lowest BCUT2D eigenvalue weighted by Gasteiger charge is -2.21. The number of aryl methyl sites for hydroxylation is 1. The number of anilines is 1. The van der Waals surface area contributed by atoms with Crippen molar-refractivity contribution in [2.75, 3.05) is 18.4 Å². The second-order valence-corrected chi connectivity index (χ2v) is 9.14. The summed E-state index contributed by atoms with van der Waals surface area (Å²) in [6.07, 6.45) is 0. The predicted octanol–water partition coefficient (Wildman–Crippen LogP) is 4.48. The molecular weight excluding hydrogens is 431 g/mol. The molecule has 0 saturated carbocycles. The van der Waals surface area contributed by atoms with Crippen LogP contribution in [0.5, 0.6) is 0 Å². The summed E-state index contributed by atoms with van der Waals surface area (Å²) in [7, 11) is -1.07. The van der Waals surface area contributed by atoms with Crippen LogP contribution >= 0.6 is 11.6 Å². The molecule has 1 aromatic heterocycles. The van der Waals surface area contributed by atoms with Gasteiger partial charge in [-0.1, -0.05) is 11.6 Å². The first kappa shape index (κ1) is 21.9. The molecule has 1 heterocycles. The number of sulfonamides is 1. The molecule has 0 unspecified atom stereocenters. The van der Waals surface area contributed by atoms with Gasteiger partial charge in [0.1, 0.15) is 17.3 Å². The SMILES string of the molecule is Cc1ccc(CN(C)C(=O)c2cc(S(=O)(=O)N(C)c3ccc(F)cc3)ccc2Cl)o1. The van der Waals surface area contributed by atoms with E-state index >= 15 is 0 Å². The summed E-state index contributed by atoms with van der Waals surface area (Å²) in [5, 5.41) is 0.130. The summed E-state index contributed by atoms with van der Waals surface area (Å²) in [5.74, 6) is 0.398. The molecule has 9 heteroatoms. The van der Waals surface area contributed by atoms with Gasteiger partial charge in [0.2, 0.25) is 0 Å². The second-order valence-electron chi connectivity index (χ2n) is 6.76. The number of hydrogen-bond acceptors (Lipinski definition) is 4. The summed E-state index contributed by atoms with van der Waals surface area (Å²) < 4.78 is 45.7. The standard InChI is InChI=1S/C21H20ClFN2O4S/c1-14-4-9-17(29-14)13-24(2)21(26)19-12-18(10-11-20(19)22)30(27,28)25(3)16-7-5-15(23)6-8-16/h4-12H,13H2,1-3H3. The van der Waals surface area contributed by atoms with Crippen molar-refractivity contribution >= 4 is 33.2 Å². The predicted molar refractivity (Wildman–Crippen MR) is 113 cm³/mol. The van der Waals surface area contributed by atoms with Crippen molar-refractivity contribution in [3.05, 3.63) is 82.5 Å². The van der Waals surface area contributed by atoms with Gasteiger partial charge in [-0.2, -0.15) is 0 Å². The van der Waals surface area contributed by atoms with E-state index in [0.717, 1.165) is 10.1 Å². The van der Waals surface area contributed by atoms with Crippen LogP contribution in [0.15, 0.2) is 63.9 Å². The normalized spacial score (nSPS) is 11.4. The molecule has 0 aliphatic heterocycles. The van der Waals surface area contributed by atoms with Crippen molar-refractivity contribution in [1.82, 2.24) is 4.90 Å². The molecule has 6 nitrogen and oxygen atoms in total. The molecule has 0 spiro atoms. The topological polar surface area (TPSA) is 70.8 Å². The average Bonchev–Trinajstić information content (AvgIpc) is 3.12. The molecule has 2 aromatic carbocycles. The summed E-state index contributed by atoms with van der Waals surface area (Å²) in [6.45, 7) is 2.00. The number of furan rings is 1. The van der Waals surface area contributed by atoms with Crippen LogP contribution < -0.4 is 4.31 Å². The lowest BCUT2D eigenvalue weighted by atomic mass is 10.2. The third kappa shape index (κ3) is 4.49. The highest BCUT2D eigenvalue weighted by molar-refractivity contribution is 7.92. The molecule has 30 heavy (non-hydrogen) atoms. The fourth-order valence-corrected chi connectivity index (χ4v) is 4.28. The van der Waals surface area contributed by atoms with Crippen LogP contribution in [0.3, 0.4) is 0 Å². The summed E-state index contributed by atoms with van der Waals surface area (Å²) >= 11 is 6.19. The summed E-state index contributed by atoms with van der Waals surface area (Å²) in [4.78, 5) is 14.2. The van der Waals surface area contributed by atoms with Gasteiger partial charge >= 0.3 is 0 Å². The zero-order chi connectivity index (χ0) is 22.1. The van der Waals surface area contributed by atoms with Crippen LogP contribution in [0, 0.1) is 12.7 Å². The molecule has 3 rings (SSSR count). The molecule has 0 aliphatic rings. The van der Waals surface area contributed by atoms with E-state index in [2.05, 4.69) is 0 Å². The monoisotopic (exact) mass is 450 g/mol. The Kier molecular flexibility index (Phi) is 6.19. The van der Waals surface area contributed by atoms with E-state index in [1.165, 1.54) is 54.4 Å². The molecule has 0 radical (unpaired) electrons. The van der Waals surface area contributed by atoms with E-state index in [4.69, 9.17) is 16.0 Å². The van der Waals surface area contributed by atoms with Crippen molar-refractivity contribution in [2.45, 2.75) is 18.4 Å². The number of carbonyl (C=O) groups excluding carboxylic acids is 1. The zero-order valence-corrected chi connectivity index (χ0v) is 18.2. The minimum absolute atomic E-state index is 0.0519. The van der Waals surface area contributed by atoms with Crippen molar-refractivity contribution < 1.29 is 22.0 Å². The van der Waals surface area contributed by atoms with Crippen LogP contribution in [-0.4, -0.2) is 33.3 Å². The fraction of sp³-hybridized carbons (Fsp3) is 0.190. The molecule has 1 amide bonds. The van der Waals surface area contributed by atoms with Gasteiger partial charge in [-0.15, -0.1) is 0 Å². The van der Waals surface area contributed by atoms with Gasteiger partial charge in [0.25, 0.3) is 15.9 Å². The van der Waals surface area contributed by atoms with Crippen molar-refractivity contribution in [3.8, 4) is 0 Å². The third-order valence-electron chi connectivity index (χ3n) is 4.55. The largest absolute Gasteiger partial charge is 0.464 e. The first-order valence-electron chi connectivity index (χ1n) is 8.94. The van der Waals surface area contributed by atoms with Crippen LogP contribution in [0.2, 0.25) is 5.02 Å². The fourth-order valence-electron chi connectivity index (χ4n) is 2.86. The lowest BCUT2D eigenvalue weighted by molar-refractivity contribution is 0.0775. The quantitative estimate of drug-likeness (QED) is 0.555. The zero-order valence-electron chi connectivity index (χ0n) is 16.6. The second kappa shape index (κ2) is 8.49. The number of hydrogen-bond donors (Lipinski definition) is 0. The highest BCUT2D eigenvalue weighted by atomic mass is 35.5. The van der Waals surface area contributed by atoms with Crippen LogP contribution in [-0.2, 0) is 16.6 Å². The average molecular weight is 451 g/mol. The molecule has 158 valence electrons.